The highest BCUT2D eigenvalue weighted by atomic mass is 16.4. The van der Waals surface area contributed by atoms with Crippen molar-refractivity contribution in [3.05, 3.63) is 18.0 Å². The molecule has 18 heavy (non-hydrogen) atoms. The highest BCUT2D eigenvalue weighted by molar-refractivity contribution is 5.94. The molecule has 6 heteroatoms. The number of carboxylic acid groups (broad SMARTS) is 1. The van der Waals surface area contributed by atoms with Crippen LogP contribution in [0.4, 0.5) is 0 Å². The highest BCUT2D eigenvalue weighted by Crippen LogP contribution is 2.36. The van der Waals surface area contributed by atoms with E-state index in [1.165, 1.54) is 12.4 Å². The molecule has 2 unspecified atom stereocenters. The summed E-state index contributed by atoms with van der Waals surface area (Å²) >= 11 is 0. The molecule has 1 saturated carbocycles. The zero-order valence-corrected chi connectivity index (χ0v) is 10.3. The van der Waals surface area contributed by atoms with Gasteiger partial charge in [0.1, 0.15) is 0 Å². The third-order valence-electron chi connectivity index (χ3n) is 3.76. The van der Waals surface area contributed by atoms with Crippen molar-refractivity contribution in [2.75, 3.05) is 0 Å². The van der Waals surface area contributed by atoms with Crippen molar-refractivity contribution in [3.8, 4) is 0 Å². The van der Waals surface area contributed by atoms with Gasteiger partial charge in [0.05, 0.1) is 17.2 Å². The summed E-state index contributed by atoms with van der Waals surface area (Å²) in [5, 5.41) is 18.4. The van der Waals surface area contributed by atoms with Crippen molar-refractivity contribution < 1.29 is 14.7 Å². The third-order valence-corrected chi connectivity index (χ3v) is 3.76. The molecule has 0 bridgehead atoms. The lowest BCUT2D eigenvalue weighted by molar-refractivity contribution is -0.151. The van der Waals surface area contributed by atoms with Gasteiger partial charge in [-0.3, -0.25) is 14.7 Å². The van der Waals surface area contributed by atoms with E-state index in [2.05, 4.69) is 15.5 Å². The minimum Gasteiger partial charge on any atom is -0.481 e. The molecule has 98 valence electrons. The van der Waals surface area contributed by atoms with Crippen LogP contribution in [0.5, 0.6) is 0 Å². The van der Waals surface area contributed by atoms with Gasteiger partial charge in [0.15, 0.2) is 0 Å². The van der Waals surface area contributed by atoms with Gasteiger partial charge in [0, 0.05) is 12.2 Å². The Balaban J connectivity index is 2.11. The second-order valence-electron chi connectivity index (χ2n) is 4.98. The van der Waals surface area contributed by atoms with E-state index < -0.39 is 11.4 Å². The number of amides is 1. The van der Waals surface area contributed by atoms with Crippen molar-refractivity contribution in [3.63, 3.8) is 0 Å². The smallest absolute Gasteiger partial charge is 0.311 e. The van der Waals surface area contributed by atoms with E-state index in [1.807, 2.05) is 0 Å². The second-order valence-corrected chi connectivity index (χ2v) is 4.98. The first-order valence-electron chi connectivity index (χ1n) is 6.07. The molecule has 6 nitrogen and oxygen atoms in total. The van der Waals surface area contributed by atoms with Crippen molar-refractivity contribution in [1.82, 2.24) is 15.5 Å². The van der Waals surface area contributed by atoms with Gasteiger partial charge >= 0.3 is 5.97 Å². The maximum Gasteiger partial charge on any atom is 0.311 e. The summed E-state index contributed by atoms with van der Waals surface area (Å²) in [4.78, 5) is 23.3. The van der Waals surface area contributed by atoms with Crippen LogP contribution in [0.25, 0.3) is 0 Å². The first-order chi connectivity index (χ1) is 8.54. The summed E-state index contributed by atoms with van der Waals surface area (Å²) in [7, 11) is 0. The van der Waals surface area contributed by atoms with Crippen LogP contribution < -0.4 is 5.32 Å². The molecular weight excluding hydrogens is 234 g/mol. The summed E-state index contributed by atoms with van der Waals surface area (Å²) in [5.74, 6) is -1.12. The first-order valence-corrected chi connectivity index (χ1v) is 6.07. The molecule has 1 amide bonds. The van der Waals surface area contributed by atoms with Gasteiger partial charge < -0.3 is 10.4 Å². The lowest BCUT2D eigenvalue weighted by atomic mass is 9.71. The summed E-state index contributed by atoms with van der Waals surface area (Å²) < 4.78 is 0. The van der Waals surface area contributed by atoms with Crippen molar-refractivity contribution >= 4 is 11.9 Å². The van der Waals surface area contributed by atoms with Crippen LogP contribution in [0.1, 0.15) is 43.0 Å². The van der Waals surface area contributed by atoms with Gasteiger partial charge in [0.2, 0.25) is 0 Å². The Morgan fingerprint density at radius 2 is 2.33 bits per heavy atom. The fraction of sp³-hybridized carbons (Fsp3) is 0.583. The van der Waals surface area contributed by atoms with Crippen LogP contribution in [0.3, 0.4) is 0 Å². The van der Waals surface area contributed by atoms with Crippen molar-refractivity contribution in [1.29, 1.82) is 0 Å². The lowest BCUT2D eigenvalue weighted by Crippen LogP contribution is -2.52. The van der Waals surface area contributed by atoms with Crippen LogP contribution in [0.2, 0.25) is 0 Å². The molecule has 1 aromatic heterocycles. The Bertz CT molecular complexity index is 443. The number of carbonyl (C=O) groups excluding carboxylic acids is 1. The highest BCUT2D eigenvalue weighted by Gasteiger charge is 2.43. The molecule has 1 heterocycles. The molecule has 1 aliphatic rings. The number of aromatic nitrogens is 2. The molecule has 0 aliphatic heterocycles. The fourth-order valence-corrected chi connectivity index (χ4v) is 2.44. The molecule has 0 radical (unpaired) electrons. The monoisotopic (exact) mass is 251 g/mol. The quantitative estimate of drug-likeness (QED) is 0.751. The molecular formula is C12H17N3O3. The molecule has 1 aromatic rings. The minimum absolute atomic E-state index is 0.275. The molecule has 0 saturated heterocycles. The SMILES string of the molecule is CC1(C(=O)O)CCCCC1NC(=O)c1cn[nH]c1. The molecule has 0 spiro atoms. The number of hydrogen-bond acceptors (Lipinski definition) is 3. The molecule has 0 aromatic carbocycles. The molecule has 2 atom stereocenters. The van der Waals surface area contributed by atoms with E-state index >= 15 is 0 Å². The van der Waals surface area contributed by atoms with E-state index in [0.29, 0.717) is 18.4 Å². The predicted molar refractivity (Wildman–Crippen MR) is 64.1 cm³/mol. The van der Waals surface area contributed by atoms with E-state index in [-0.39, 0.29) is 11.9 Å². The van der Waals surface area contributed by atoms with Crippen LogP contribution in [0, 0.1) is 5.41 Å². The lowest BCUT2D eigenvalue weighted by Gasteiger charge is -2.38. The summed E-state index contributed by atoms with van der Waals surface area (Å²) in [6.45, 7) is 1.70. The van der Waals surface area contributed by atoms with Crippen LogP contribution in [-0.2, 0) is 4.79 Å². The summed E-state index contributed by atoms with van der Waals surface area (Å²) in [5.41, 5.74) is -0.453. The number of hydrogen-bond donors (Lipinski definition) is 3. The number of carbonyl (C=O) groups is 2. The summed E-state index contributed by atoms with van der Waals surface area (Å²) in [6.07, 6.45) is 6.05. The van der Waals surface area contributed by atoms with Gasteiger partial charge in [0.25, 0.3) is 5.91 Å². The van der Waals surface area contributed by atoms with Crippen LogP contribution in [-0.4, -0.2) is 33.2 Å². The van der Waals surface area contributed by atoms with Gasteiger partial charge in [-0.15, -0.1) is 0 Å². The molecule has 2 rings (SSSR count). The van der Waals surface area contributed by atoms with Crippen molar-refractivity contribution in [2.24, 2.45) is 5.41 Å². The Hall–Kier alpha value is -1.85. The minimum atomic E-state index is -0.877. The topological polar surface area (TPSA) is 95.1 Å². The number of rotatable bonds is 3. The normalized spacial score (nSPS) is 27.7. The maximum atomic E-state index is 11.9. The standard InChI is InChI=1S/C12H17N3O3/c1-12(11(17)18)5-3-2-4-9(12)15-10(16)8-6-13-14-7-8/h6-7,9H,2-5H2,1H3,(H,13,14)(H,15,16)(H,17,18). The average Bonchev–Trinajstić information content (AvgIpc) is 2.85. The molecule has 1 fully saturated rings. The predicted octanol–water partition coefficient (Wildman–Crippen LogP) is 1.17. The number of aliphatic carboxylic acids is 1. The number of carboxylic acids is 1. The largest absolute Gasteiger partial charge is 0.481 e. The first kappa shape index (κ1) is 12.6. The van der Waals surface area contributed by atoms with Crippen LogP contribution >= 0.6 is 0 Å². The summed E-state index contributed by atoms with van der Waals surface area (Å²) in [6, 6.07) is -0.328. The number of nitrogens with one attached hydrogen (secondary N) is 2. The van der Waals surface area contributed by atoms with E-state index in [4.69, 9.17) is 0 Å². The Morgan fingerprint density at radius 3 is 2.94 bits per heavy atom. The molecule has 1 aliphatic carbocycles. The zero-order valence-electron chi connectivity index (χ0n) is 10.3. The maximum absolute atomic E-state index is 11.9. The third kappa shape index (κ3) is 2.23. The number of aromatic amines is 1. The Morgan fingerprint density at radius 1 is 1.56 bits per heavy atom. The average molecular weight is 251 g/mol. The Kier molecular flexibility index (Phi) is 3.36. The van der Waals surface area contributed by atoms with E-state index in [0.717, 1.165) is 12.8 Å². The second kappa shape index (κ2) is 4.80. The number of H-pyrrole nitrogens is 1. The van der Waals surface area contributed by atoms with Gasteiger partial charge in [-0.25, -0.2) is 0 Å². The van der Waals surface area contributed by atoms with Crippen molar-refractivity contribution in [2.45, 2.75) is 38.6 Å². The van der Waals surface area contributed by atoms with Gasteiger partial charge in [-0.2, -0.15) is 5.10 Å². The van der Waals surface area contributed by atoms with E-state index in [9.17, 15) is 14.7 Å². The van der Waals surface area contributed by atoms with Gasteiger partial charge in [-0.1, -0.05) is 12.8 Å². The van der Waals surface area contributed by atoms with Crippen LogP contribution in [0.15, 0.2) is 12.4 Å². The Labute approximate surface area is 105 Å². The fourth-order valence-electron chi connectivity index (χ4n) is 2.44. The van der Waals surface area contributed by atoms with E-state index in [1.54, 1.807) is 6.92 Å². The molecule has 3 N–H and O–H groups in total. The number of nitrogens with zero attached hydrogens (tertiary/aromatic N) is 1. The van der Waals surface area contributed by atoms with Gasteiger partial charge in [-0.05, 0) is 19.8 Å². The zero-order chi connectivity index (χ0) is 13.2.